The van der Waals surface area contributed by atoms with Crippen LogP contribution >= 0.6 is 38.5 Å². The Morgan fingerprint density at radius 2 is 1.80 bits per heavy atom. The van der Waals surface area contributed by atoms with Gasteiger partial charge in [-0.15, -0.1) is 0 Å². The molecule has 1 unspecified atom stereocenters. The van der Waals surface area contributed by atoms with E-state index in [-0.39, 0.29) is 0 Å². The van der Waals surface area contributed by atoms with Crippen LogP contribution in [0.25, 0.3) is 0 Å². The van der Waals surface area contributed by atoms with Gasteiger partial charge in [-0.3, -0.25) is 0 Å². The summed E-state index contributed by atoms with van der Waals surface area (Å²) in [6, 6.07) is 10.1. The smallest absolute Gasteiger partial charge is 0.320 e. The second-order valence-corrected chi connectivity index (χ2v) is 6.34. The first-order valence-electron chi connectivity index (χ1n) is 5.66. The Balaban J connectivity index is 2.43. The molecule has 0 heterocycles. The normalized spacial score (nSPS) is 13.3. The van der Waals surface area contributed by atoms with Gasteiger partial charge in [-0.1, -0.05) is 28.1 Å². The minimum absolute atomic E-state index is 0.441. The predicted molar refractivity (Wildman–Crippen MR) is 84.3 cm³/mol. The number of hydrogen-bond acceptors (Lipinski definition) is 1. The molecule has 0 aromatic heterocycles. The summed E-state index contributed by atoms with van der Waals surface area (Å²) in [5.74, 6) is 0. The molecule has 20 heavy (non-hydrogen) atoms. The van der Waals surface area contributed by atoms with E-state index >= 15 is 0 Å². The zero-order valence-corrected chi connectivity index (χ0v) is 13.8. The molecule has 0 aliphatic rings. The summed E-state index contributed by atoms with van der Waals surface area (Å²) in [6.45, 7) is 0. The maximum Gasteiger partial charge on any atom is 0.416 e. The third-order valence-corrected chi connectivity index (χ3v) is 4.34. The van der Waals surface area contributed by atoms with Crippen molar-refractivity contribution in [1.29, 1.82) is 0 Å². The minimum Gasteiger partial charge on any atom is -0.320 e. The van der Waals surface area contributed by atoms with Crippen LogP contribution in [-0.4, -0.2) is 0 Å². The third kappa shape index (κ3) is 3.53. The van der Waals surface area contributed by atoms with Crippen molar-refractivity contribution in [2.24, 2.45) is 5.73 Å². The van der Waals surface area contributed by atoms with Crippen molar-refractivity contribution in [3.8, 4) is 0 Å². The summed E-state index contributed by atoms with van der Waals surface area (Å²) in [4.78, 5) is 0. The molecular formula is C14H10BrF3IN. The number of alkyl halides is 3. The molecule has 0 fully saturated rings. The highest BCUT2D eigenvalue weighted by Crippen LogP contribution is 2.33. The molecule has 0 spiro atoms. The predicted octanol–water partition coefficient (Wildman–Crippen LogP) is 5.12. The van der Waals surface area contributed by atoms with Crippen LogP contribution in [0.4, 0.5) is 13.2 Å². The maximum atomic E-state index is 12.7. The lowest BCUT2D eigenvalue weighted by Crippen LogP contribution is -2.15. The molecule has 0 amide bonds. The average molecular weight is 456 g/mol. The van der Waals surface area contributed by atoms with Crippen molar-refractivity contribution in [1.82, 2.24) is 0 Å². The molecule has 2 rings (SSSR count). The molecule has 0 bridgehead atoms. The van der Waals surface area contributed by atoms with Crippen molar-refractivity contribution in [2.45, 2.75) is 12.2 Å². The fourth-order valence-corrected chi connectivity index (χ4v) is 2.89. The zero-order valence-electron chi connectivity index (χ0n) is 10.1. The third-order valence-electron chi connectivity index (χ3n) is 2.87. The van der Waals surface area contributed by atoms with Crippen molar-refractivity contribution in [3.63, 3.8) is 0 Å². The van der Waals surface area contributed by atoms with Crippen LogP contribution in [0.15, 0.2) is 46.9 Å². The first kappa shape index (κ1) is 15.8. The Hall–Kier alpha value is -0.600. The molecule has 2 aromatic carbocycles. The molecule has 0 aliphatic heterocycles. The van der Waals surface area contributed by atoms with E-state index in [0.717, 1.165) is 25.7 Å². The zero-order chi connectivity index (χ0) is 14.9. The van der Waals surface area contributed by atoms with Gasteiger partial charge in [-0.25, -0.2) is 0 Å². The second kappa shape index (κ2) is 6.03. The van der Waals surface area contributed by atoms with Gasteiger partial charge in [-0.05, 0) is 64.0 Å². The van der Waals surface area contributed by atoms with Gasteiger partial charge in [0.2, 0.25) is 0 Å². The van der Waals surface area contributed by atoms with E-state index in [0.29, 0.717) is 5.56 Å². The lowest BCUT2D eigenvalue weighted by Gasteiger charge is -2.16. The van der Waals surface area contributed by atoms with Gasteiger partial charge in [0.25, 0.3) is 0 Å². The van der Waals surface area contributed by atoms with Crippen molar-refractivity contribution in [3.05, 3.63) is 67.2 Å². The minimum atomic E-state index is -4.36. The van der Waals surface area contributed by atoms with Crippen molar-refractivity contribution in [2.75, 3.05) is 0 Å². The van der Waals surface area contributed by atoms with Crippen molar-refractivity contribution < 1.29 is 13.2 Å². The molecule has 0 aliphatic carbocycles. The molecule has 0 radical (unpaired) electrons. The number of rotatable bonds is 2. The molecular weight excluding hydrogens is 446 g/mol. The number of benzene rings is 2. The Labute approximate surface area is 136 Å². The summed E-state index contributed by atoms with van der Waals surface area (Å²) in [7, 11) is 0. The number of hydrogen-bond donors (Lipinski definition) is 1. The highest BCUT2D eigenvalue weighted by atomic mass is 127. The van der Waals surface area contributed by atoms with E-state index in [1.54, 1.807) is 6.07 Å². The Morgan fingerprint density at radius 1 is 1.10 bits per heavy atom. The largest absolute Gasteiger partial charge is 0.416 e. The van der Waals surface area contributed by atoms with Crippen LogP contribution in [-0.2, 0) is 6.18 Å². The van der Waals surface area contributed by atoms with Crippen molar-refractivity contribution >= 4 is 38.5 Å². The van der Waals surface area contributed by atoms with E-state index in [1.165, 1.54) is 6.07 Å². The van der Waals surface area contributed by atoms with E-state index in [1.807, 2.05) is 18.2 Å². The quantitative estimate of drug-likeness (QED) is 0.625. The number of halogens is 5. The van der Waals surface area contributed by atoms with Crippen LogP contribution in [0.1, 0.15) is 22.7 Å². The van der Waals surface area contributed by atoms with Gasteiger partial charge >= 0.3 is 6.18 Å². The van der Waals surface area contributed by atoms with Crippen LogP contribution in [0, 0.1) is 3.57 Å². The Kier molecular flexibility index (Phi) is 4.76. The van der Waals surface area contributed by atoms with Gasteiger partial charge in [-0.2, -0.15) is 13.2 Å². The SMILES string of the molecule is NC(c1cccc(C(F)(F)F)c1)c1cc(Br)ccc1I. The topological polar surface area (TPSA) is 26.0 Å². The average Bonchev–Trinajstić information content (AvgIpc) is 2.40. The molecule has 0 saturated heterocycles. The monoisotopic (exact) mass is 455 g/mol. The van der Waals surface area contributed by atoms with Crippen LogP contribution in [0.5, 0.6) is 0 Å². The molecule has 1 atom stereocenters. The molecule has 1 nitrogen and oxygen atoms in total. The van der Waals surface area contributed by atoms with Gasteiger partial charge in [0, 0.05) is 8.04 Å². The van der Waals surface area contributed by atoms with E-state index in [4.69, 9.17) is 5.73 Å². The summed E-state index contributed by atoms with van der Waals surface area (Å²) in [5, 5.41) is 0. The van der Waals surface area contributed by atoms with Gasteiger partial charge in [0.1, 0.15) is 0 Å². The summed E-state index contributed by atoms with van der Waals surface area (Å²) < 4.78 is 39.9. The Bertz CT molecular complexity index is 628. The van der Waals surface area contributed by atoms with Crippen LogP contribution in [0.3, 0.4) is 0 Å². The first-order chi connectivity index (χ1) is 9.29. The fourth-order valence-electron chi connectivity index (χ4n) is 1.84. The standard InChI is InChI=1S/C14H10BrF3IN/c15-10-4-5-12(19)11(7-10)13(20)8-2-1-3-9(6-8)14(16,17)18/h1-7,13H,20H2. The summed E-state index contributed by atoms with van der Waals surface area (Å²) in [5.41, 5.74) is 6.65. The first-order valence-corrected chi connectivity index (χ1v) is 7.54. The number of nitrogens with two attached hydrogens (primary N) is 1. The molecule has 0 saturated carbocycles. The van der Waals surface area contributed by atoms with Crippen LogP contribution < -0.4 is 5.73 Å². The highest BCUT2D eigenvalue weighted by Gasteiger charge is 2.30. The summed E-state index contributed by atoms with van der Waals surface area (Å²) in [6.07, 6.45) is -4.36. The Morgan fingerprint density at radius 3 is 2.45 bits per heavy atom. The molecule has 106 valence electrons. The molecule has 6 heteroatoms. The second-order valence-electron chi connectivity index (χ2n) is 4.27. The van der Waals surface area contributed by atoms with E-state index in [9.17, 15) is 13.2 Å². The summed E-state index contributed by atoms with van der Waals surface area (Å²) >= 11 is 5.47. The molecule has 2 aromatic rings. The lowest BCUT2D eigenvalue weighted by atomic mass is 9.98. The van der Waals surface area contributed by atoms with Gasteiger partial charge in [0.05, 0.1) is 11.6 Å². The van der Waals surface area contributed by atoms with E-state index in [2.05, 4.69) is 38.5 Å². The maximum absolute atomic E-state index is 12.7. The fraction of sp³-hybridized carbons (Fsp3) is 0.143. The lowest BCUT2D eigenvalue weighted by molar-refractivity contribution is -0.137. The van der Waals surface area contributed by atoms with Crippen LogP contribution in [0.2, 0.25) is 0 Å². The van der Waals surface area contributed by atoms with E-state index < -0.39 is 17.8 Å². The molecule has 2 N–H and O–H groups in total. The van der Waals surface area contributed by atoms with Gasteiger partial charge < -0.3 is 5.73 Å². The van der Waals surface area contributed by atoms with Gasteiger partial charge in [0.15, 0.2) is 0 Å². The highest BCUT2D eigenvalue weighted by molar-refractivity contribution is 14.1.